The SMILES string of the molecule is FC(F)(F)c1ccccc1P(c1ccccc1P(c1ccccc1C(F)(F)F)c1ccccc1C(F)(F)F)c1ccccc1C(F)(F)F. The zero-order chi connectivity index (χ0) is 35.1. The first kappa shape index (κ1) is 35.4. The third-order valence-electron chi connectivity index (χ3n) is 7.16. The van der Waals surface area contributed by atoms with Crippen LogP contribution in [0.2, 0.25) is 0 Å². The van der Waals surface area contributed by atoms with Crippen molar-refractivity contribution in [3.05, 3.63) is 144 Å². The zero-order valence-electron chi connectivity index (χ0n) is 24.0. The van der Waals surface area contributed by atoms with Gasteiger partial charge in [0.25, 0.3) is 0 Å². The third-order valence-corrected chi connectivity index (χ3v) is 12.6. The van der Waals surface area contributed by atoms with Crippen molar-refractivity contribution < 1.29 is 52.7 Å². The van der Waals surface area contributed by atoms with Crippen LogP contribution in [0.25, 0.3) is 0 Å². The lowest BCUT2D eigenvalue weighted by Gasteiger charge is -2.31. The quantitative estimate of drug-likeness (QED) is 0.121. The molecule has 0 bridgehead atoms. The summed E-state index contributed by atoms with van der Waals surface area (Å²) in [7, 11) is -5.82. The van der Waals surface area contributed by atoms with Crippen molar-refractivity contribution in [3.8, 4) is 0 Å². The van der Waals surface area contributed by atoms with E-state index < -0.39 is 84.0 Å². The van der Waals surface area contributed by atoms with Crippen molar-refractivity contribution in [2.75, 3.05) is 0 Å². The number of halogens is 12. The third kappa shape index (κ3) is 7.25. The molecule has 0 saturated heterocycles. The molecule has 5 aromatic rings. The van der Waals surface area contributed by atoms with Crippen LogP contribution in [0.3, 0.4) is 0 Å². The van der Waals surface area contributed by atoms with E-state index in [1.54, 1.807) is 0 Å². The van der Waals surface area contributed by atoms with E-state index in [9.17, 15) is 52.7 Å². The average molecular weight is 718 g/mol. The van der Waals surface area contributed by atoms with E-state index in [-0.39, 0.29) is 10.6 Å². The monoisotopic (exact) mass is 718 g/mol. The first-order valence-corrected chi connectivity index (χ1v) is 16.4. The lowest BCUT2D eigenvalue weighted by molar-refractivity contribution is -0.137. The Hall–Kier alpha value is -3.88. The fourth-order valence-electron chi connectivity index (χ4n) is 5.25. The molecule has 5 aromatic carbocycles. The van der Waals surface area contributed by atoms with Gasteiger partial charge in [-0.25, -0.2) is 0 Å². The lowest BCUT2D eigenvalue weighted by Crippen LogP contribution is -2.39. The first-order valence-electron chi connectivity index (χ1n) is 13.7. The highest BCUT2D eigenvalue weighted by molar-refractivity contribution is 7.85. The van der Waals surface area contributed by atoms with Crippen molar-refractivity contribution in [1.29, 1.82) is 0 Å². The summed E-state index contributed by atoms with van der Waals surface area (Å²) in [6.07, 6.45) is -20.3. The molecule has 0 atom stereocenters. The van der Waals surface area contributed by atoms with Gasteiger partial charge in [0.1, 0.15) is 0 Å². The Labute approximate surface area is 268 Å². The molecule has 0 spiro atoms. The summed E-state index contributed by atoms with van der Waals surface area (Å²) in [5.74, 6) is 0. The Balaban J connectivity index is 1.96. The smallest absolute Gasteiger partial charge is 0.166 e. The fourth-order valence-corrected chi connectivity index (χ4v) is 11.2. The van der Waals surface area contributed by atoms with Gasteiger partial charge in [-0.2, -0.15) is 52.7 Å². The Kier molecular flexibility index (Phi) is 9.74. The minimum atomic E-state index is -5.07. The summed E-state index contributed by atoms with van der Waals surface area (Å²) in [6, 6.07) is 20.4. The van der Waals surface area contributed by atoms with Gasteiger partial charge in [-0.3, -0.25) is 0 Å². The molecule has 0 aliphatic rings. The van der Waals surface area contributed by atoms with Gasteiger partial charge in [0.2, 0.25) is 0 Å². The minimum Gasteiger partial charge on any atom is -0.166 e. The van der Waals surface area contributed by atoms with Crippen LogP contribution in [-0.2, 0) is 24.7 Å². The summed E-state index contributed by atoms with van der Waals surface area (Å²) in [5.41, 5.74) is -5.17. The van der Waals surface area contributed by atoms with Crippen LogP contribution < -0.4 is 31.8 Å². The second-order valence-electron chi connectivity index (χ2n) is 10.2. The van der Waals surface area contributed by atoms with Gasteiger partial charge in [-0.15, -0.1) is 0 Å². The molecule has 0 aromatic heterocycles. The number of rotatable bonds is 6. The van der Waals surface area contributed by atoms with E-state index in [0.29, 0.717) is 24.3 Å². The molecule has 0 amide bonds. The van der Waals surface area contributed by atoms with E-state index in [1.807, 2.05) is 0 Å². The molecule has 0 fully saturated rings. The largest absolute Gasteiger partial charge is 0.417 e. The number of hydrogen-bond acceptors (Lipinski definition) is 0. The molecule has 14 heteroatoms. The second kappa shape index (κ2) is 13.2. The van der Waals surface area contributed by atoms with Gasteiger partial charge in [0, 0.05) is 0 Å². The van der Waals surface area contributed by atoms with Crippen molar-refractivity contribution in [2.24, 2.45) is 0 Å². The lowest BCUT2D eigenvalue weighted by atomic mass is 10.2. The van der Waals surface area contributed by atoms with Crippen LogP contribution in [-0.4, -0.2) is 0 Å². The Bertz CT molecular complexity index is 1650. The van der Waals surface area contributed by atoms with Crippen molar-refractivity contribution in [1.82, 2.24) is 0 Å². The van der Waals surface area contributed by atoms with Crippen LogP contribution in [0.15, 0.2) is 121 Å². The minimum absolute atomic E-state index is 0.263. The standard InChI is InChI=1S/C34H20F12P2/c35-31(36,37)21-11-1-5-15-25(21)47(26-16-6-2-12-22(26)32(38,39)40)29-19-9-10-20-30(29)48(27-17-7-3-13-23(27)33(41,42)43)28-18-8-4-14-24(28)34(44,45)46/h1-20H. The van der Waals surface area contributed by atoms with E-state index in [4.69, 9.17) is 0 Å². The van der Waals surface area contributed by atoms with Gasteiger partial charge < -0.3 is 0 Å². The topological polar surface area (TPSA) is 0 Å². The Morgan fingerprint density at radius 3 is 0.604 bits per heavy atom. The molecule has 5 rings (SSSR count). The Morgan fingerprint density at radius 1 is 0.250 bits per heavy atom. The van der Waals surface area contributed by atoms with Gasteiger partial charge in [-0.1, -0.05) is 97.1 Å². The summed E-state index contributed by atoms with van der Waals surface area (Å²) in [6.45, 7) is 0. The number of benzene rings is 5. The van der Waals surface area contributed by atoms with Crippen molar-refractivity contribution >= 4 is 47.7 Å². The van der Waals surface area contributed by atoms with Crippen LogP contribution in [0.1, 0.15) is 22.3 Å². The van der Waals surface area contributed by atoms with Crippen LogP contribution in [0, 0.1) is 0 Å². The van der Waals surface area contributed by atoms with Gasteiger partial charge in [-0.05, 0) is 71.9 Å². The van der Waals surface area contributed by atoms with E-state index in [2.05, 4.69) is 0 Å². The van der Waals surface area contributed by atoms with Crippen LogP contribution in [0.4, 0.5) is 52.7 Å². The van der Waals surface area contributed by atoms with E-state index in [0.717, 1.165) is 48.5 Å². The summed E-state index contributed by atoms with van der Waals surface area (Å²) in [4.78, 5) is 0. The predicted molar refractivity (Wildman–Crippen MR) is 164 cm³/mol. The molecule has 0 aliphatic carbocycles. The summed E-state index contributed by atoms with van der Waals surface area (Å²) in [5, 5.41) is -2.94. The van der Waals surface area contributed by atoms with Crippen LogP contribution in [0.5, 0.6) is 0 Å². The predicted octanol–water partition coefficient (Wildman–Crippen LogP) is 9.28. The molecule has 0 saturated carbocycles. The van der Waals surface area contributed by atoms with Gasteiger partial charge in [0.05, 0.1) is 22.3 Å². The Morgan fingerprint density at radius 2 is 0.417 bits per heavy atom. The molecular formula is C34H20F12P2. The average Bonchev–Trinajstić information content (AvgIpc) is 3.01. The number of alkyl halides is 12. The first-order chi connectivity index (χ1) is 22.4. The number of hydrogen-bond donors (Lipinski definition) is 0. The maximum absolute atomic E-state index is 14.5. The molecule has 0 aliphatic heterocycles. The van der Waals surface area contributed by atoms with Crippen LogP contribution >= 0.6 is 15.8 Å². The highest BCUT2D eigenvalue weighted by Gasteiger charge is 2.43. The van der Waals surface area contributed by atoms with E-state index >= 15 is 0 Å². The summed E-state index contributed by atoms with van der Waals surface area (Å²) >= 11 is 0. The van der Waals surface area contributed by atoms with Crippen molar-refractivity contribution in [2.45, 2.75) is 24.7 Å². The fraction of sp³-hybridized carbons (Fsp3) is 0.118. The van der Waals surface area contributed by atoms with Gasteiger partial charge >= 0.3 is 24.7 Å². The van der Waals surface area contributed by atoms with Crippen molar-refractivity contribution in [3.63, 3.8) is 0 Å². The van der Waals surface area contributed by atoms with E-state index in [1.165, 1.54) is 48.5 Å². The van der Waals surface area contributed by atoms with Gasteiger partial charge in [0.15, 0.2) is 0 Å². The molecule has 0 nitrogen and oxygen atoms in total. The highest BCUT2D eigenvalue weighted by atomic mass is 31.1. The summed E-state index contributed by atoms with van der Waals surface area (Å²) < 4.78 is 174. The molecule has 48 heavy (non-hydrogen) atoms. The zero-order valence-corrected chi connectivity index (χ0v) is 25.8. The molecule has 0 heterocycles. The molecule has 0 radical (unpaired) electrons. The second-order valence-corrected chi connectivity index (χ2v) is 14.5. The molecule has 0 N–H and O–H groups in total. The molecule has 250 valence electrons. The molecule has 0 unspecified atom stereocenters. The maximum Gasteiger partial charge on any atom is 0.417 e. The maximum atomic E-state index is 14.5. The highest BCUT2D eigenvalue weighted by Crippen LogP contribution is 2.47. The normalized spacial score (nSPS) is 13.0. The molecular weight excluding hydrogens is 698 g/mol.